The van der Waals surface area contributed by atoms with E-state index in [4.69, 9.17) is 5.11 Å². The van der Waals surface area contributed by atoms with E-state index in [0.717, 1.165) is 25.1 Å². The van der Waals surface area contributed by atoms with Crippen molar-refractivity contribution in [1.82, 2.24) is 9.88 Å². The van der Waals surface area contributed by atoms with Crippen molar-refractivity contribution in [3.63, 3.8) is 0 Å². The molecule has 1 aliphatic heterocycles. The Morgan fingerprint density at radius 1 is 1.60 bits per heavy atom. The van der Waals surface area contributed by atoms with Gasteiger partial charge in [0.1, 0.15) is 6.04 Å². The molecule has 1 aromatic heterocycles. The van der Waals surface area contributed by atoms with Crippen LogP contribution in [0.2, 0.25) is 0 Å². The van der Waals surface area contributed by atoms with Crippen LogP contribution < -0.4 is 5.32 Å². The first-order valence-electron chi connectivity index (χ1n) is 5.37. The largest absolute Gasteiger partial charge is 0.480 e. The van der Waals surface area contributed by atoms with Crippen LogP contribution >= 0.6 is 0 Å². The summed E-state index contributed by atoms with van der Waals surface area (Å²) >= 11 is 0. The quantitative estimate of drug-likeness (QED) is 0.723. The van der Waals surface area contributed by atoms with Gasteiger partial charge in [0.15, 0.2) is 0 Å². The highest BCUT2D eigenvalue weighted by atomic mass is 16.4. The average Bonchev–Trinajstić information content (AvgIpc) is 2.61. The number of fused-ring (bicyclic) bond motifs is 2. The molecule has 3 rings (SSSR count). The lowest BCUT2D eigenvalue weighted by Crippen LogP contribution is -2.55. The van der Waals surface area contributed by atoms with Gasteiger partial charge in [-0.05, 0) is 31.4 Å². The molecule has 1 fully saturated rings. The summed E-state index contributed by atoms with van der Waals surface area (Å²) in [5, 5.41) is 12.2. The Bertz CT molecular complexity index is 406. The Balaban J connectivity index is 2.05. The van der Waals surface area contributed by atoms with Crippen molar-refractivity contribution in [1.29, 1.82) is 0 Å². The highest BCUT2D eigenvalue weighted by Crippen LogP contribution is 2.43. The minimum absolute atomic E-state index is 0.171. The third-order valence-electron chi connectivity index (χ3n) is 3.75. The normalized spacial score (nSPS) is 27.1. The van der Waals surface area contributed by atoms with Gasteiger partial charge >= 0.3 is 5.97 Å². The summed E-state index contributed by atoms with van der Waals surface area (Å²) in [6.45, 7) is 0.783. The molecule has 0 saturated heterocycles. The van der Waals surface area contributed by atoms with Gasteiger partial charge in [0.05, 0.1) is 5.54 Å². The third kappa shape index (κ3) is 1.08. The van der Waals surface area contributed by atoms with Crippen LogP contribution in [0.5, 0.6) is 0 Å². The molecule has 0 bridgehead atoms. The minimum atomic E-state index is -0.788. The van der Waals surface area contributed by atoms with Gasteiger partial charge in [-0.3, -0.25) is 10.1 Å². The van der Waals surface area contributed by atoms with Gasteiger partial charge in [0.2, 0.25) is 0 Å². The molecule has 2 aliphatic rings. The number of carboxylic acids is 1. The maximum Gasteiger partial charge on any atom is 0.326 e. The van der Waals surface area contributed by atoms with E-state index in [-0.39, 0.29) is 5.54 Å². The van der Waals surface area contributed by atoms with E-state index in [1.165, 1.54) is 6.42 Å². The van der Waals surface area contributed by atoms with E-state index in [9.17, 15) is 4.79 Å². The van der Waals surface area contributed by atoms with Gasteiger partial charge in [-0.15, -0.1) is 0 Å². The minimum Gasteiger partial charge on any atom is -0.480 e. The summed E-state index contributed by atoms with van der Waals surface area (Å²) in [5.41, 5.74) is 1.07. The first-order chi connectivity index (χ1) is 7.23. The van der Waals surface area contributed by atoms with E-state index >= 15 is 0 Å². The van der Waals surface area contributed by atoms with Gasteiger partial charge in [-0.1, -0.05) is 0 Å². The number of nitrogens with one attached hydrogen (secondary N) is 1. The first-order valence-corrected chi connectivity index (χ1v) is 5.37. The number of hydrogen-bond acceptors (Lipinski definition) is 2. The van der Waals surface area contributed by atoms with Crippen molar-refractivity contribution < 1.29 is 9.90 Å². The molecule has 1 aromatic rings. The van der Waals surface area contributed by atoms with E-state index in [1.807, 2.05) is 18.3 Å². The molecule has 1 spiro atoms. The lowest BCUT2D eigenvalue weighted by molar-refractivity contribution is -0.140. The maximum atomic E-state index is 11.1. The van der Waals surface area contributed by atoms with Crippen molar-refractivity contribution in [2.75, 3.05) is 6.54 Å². The molecule has 80 valence electrons. The fourth-order valence-corrected chi connectivity index (χ4v) is 2.76. The topological polar surface area (TPSA) is 54.3 Å². The molecular formula is C11H14N2O2. The molecule has 1 atom stereocenters. The molecule has 2 N–H and O–H groups in total. The molecule has 4 heteroatoms. The predicted molar refractivity (Wildman–Crippen MR) is 54.6 cm³/mol. The highest BCUT2D eigenvalue weighted by Gasteiger charge is 2.44. The number of nitrogens with zero attached hydrogens (tertiary/aromatic N) is 1. The van der Waals surface area contributed by atoms with Crippen LogP contribution in [0.15, 0.2) is 18.3 Å². The smallest absolute Gasteiger partial charge is 0.326 e. The lowest BCUT2D eigenvalue weighted by Gasteiger charge is -2.48. The Labute approximate surface area is 87.9 Å². The SMILES string of the molecule is O=C(O)[C@H]1NCC2(CCC2)n2cccc21. The zero-order valence-electron chi connectivity index (χ0n) is 8.44. The maximum absolute atomic E-state index is 11.1. The molecule has 1 aliphatic carbocycles. The van der Waals surface area contributed by atoms with Crippen molar-refractivity contribution in [3.05, 3.63) is 24.0 Å². The Morgan fingerprint density at radius 2 is 2.40 bits per heavy atom. The van der Waals surface area contributed by atoms with Gasteiger partial charge < -0.3 is 9.67 Å². The van der Waals surface area contributed by atoms with Gasteiger partial charge in [0.25, 0.3) is 0 Å². The first kappa shape index (κ1) is 8.97. The van der Waals surface area contributed by atoms with Crippen LogP contribution in [0.25, 0.3) is 0 Å². The van der Waals surface area contributed by atoms with Crippen molar-refractivity contribution in [2.45, 2.75) is 30.8 Å². The fourth-order valence-electron chi connectivity index (χ4n) is 2.76. The van der Waals surface area contributed by atoms with Crippen molar-refractivity contribution >= 4 is 5.97 Å². The standard InChI is InChI=1S/C11H14N2O2/c14-10(15)9-8-3-1-6-13(8)11(7-12-9)4-2-5-11/h1,3,6,9,12H,2,4-5,7H2,(H,14,15)/t9-/m0/s1. The second kappa shape index (κ2) is 2.85. The Morgan fingerprint density at radius 3 is 3.00 bits per heavy atom. The molecule has 2 heterocycles. The van der Waals surface area contributed by atoms with E-state index in [0.29, 0.717) is 0 Å². The van der Waals surface area contributed by atoms with Crippen LogP contribution in [0, 0.1) is 0 Å². The number of hydrogen-bond donors (Lipinski definition) is 2. The zero-order chi connectivity index (χ0) is 10.5. The molecule has 15 heavy (non-hydrogen) atoms. The number of rotatable bonds is 1. The molecular weight excluding hydrogens is 192 g/mol. The molecule has 1 saturated carbocycles. The van der Waals surface area contributed by atoms with E-state index in [2.05, 4.69) is 9.88 Å². The molecule has 0 unspecified atom stereocenters. The summed E-state index contributed by atoms with van der Waals surface area (Å²) in [5.74, 6) is -0.788. The van der Waals surface area contributed by atoms with E-state index in [1.54, 1.807) is 0 Å². The summed E-state index contributed by atoms with van der Waals surface area (Å²) in [7, 11) is 0. The molecule has 0 amide bonds. The van der Waals surface area contributed by atoms with Crippen LogP contribution in [0.3, 0.4) is 0 Å². The summed E-state index contributed by atoms with van der Waals surface area (Å²) in [4.78, 5) is 11.1. The summed E-state index contributed by atoms with van der Waals surface area (Å²) in [6.07, 6.45) is 5.59. The fraction of sp³-hybridized carbons (Fsp3) is 0.545. The van der Waals surface area contributed by atoms with Crippen LogP contribution in [0.1, 0.15) is 31.0 Å². The second-order valence-corrected chi connectivity index (χ2v) is 4.53. The van der Waals surface area contributed by atoms with Gasteiger partial charge in [0, 0.05) is 18.4 Å². The Hall–Kier alpha value is -1.29. The van der Waals surface area contributed by atoms with Crippen LogP contribution in [-0.4, -0.2) is 22.2 Å². The average molecular weight is 206 g/mol. The van der Waals surface area contributed by atoms with Crippen LogP contribution in [0.4, 0.5) is 0 Å². The lowest BCUT2D eigenvalue weighted by atomic mass is 9.75. The molecule has 4 nitrogen and oxygen atoms in total. The Kier molecular flexibility index (Phi) is 1.71. The number of carbonyl (C=O) groups is 1. The molecule has 0 aromatic carbocycles. The number of aliphatic carboxylic acids is 1. The number of carboxylic acid groups (broad SMARTS) is 1. The van der Waals surface area contributed by atoms with Gasteiger partial charge in [-0.2, -0.15) is 0 Å². The van der Waals surface area contributed by atoms with Crippen molar-refractivity contribution in [2.24, 2.45) is 0 Å². The summed E-state index contributed by atoms with van der Waals surface area (Å²) < 4.78 is 2.17. The van der Waals surface area contributed by atoms with Crippen LogP contribution in [-0.2, 0) is 10.3 Å². The molecule has 0 radical (unpaired) electrons. The monoisotopic (exact) mass is 206 g/mol. The second-order valence-electron chi connectivity index (χ2n) is 4.53. The van der Waals surface area contributed by atoms with Crippen molar-refractivity contribution in [3.8, 4) is 0 Å². The summed E-state index contributed by atoms with van der Waals surface area (Å²) in [6, 6.07) is 3.31. The van der Waals surface area contributed by atoms with E-state index < -0.39 is 12.0 Å². The zero-order valence-corrected chi connectivity index (χ0v) is 8.44. The number of aromatic nitrogens is 1. The highest BCUT2D eigenvalue weighted by molar-refractivity contribution is 5.75. The van der Waals surface area contributed by atoms with Gasteiger partial charge in [-0.25, -0.2) is 0 Å². The predicted octanol–water partition coefficient (Wildman–Crippen LogP) is 1.10. The third-order valence-corrected chi connectivity index (χ3v) is 3.75.